The zero-order valence-corrected chi connectivity index (χ0v) is 7.40. The molecule has 0 bridgehead atoms. The van der Waals surface area contributed by atoms with Gasteiger partial charge in [-0.25, -0.2) is 0 Å². The topological polar surface area (TPSA) is 0 Å². The molecule has 0 aliphatic carbocycles. The van der Waals surface area contributed by atoms with E-state index in [0.717, 1.165) is 0 Å². The minimum absolute atomic E-state index is 0. The molecule has 0 nitrogen and oxygen atoms in total. The van der Waals surface area contributed by atoms with Crippen LogP contribution in [-0.2, 0) is 0 Å². The van der Waals surface area contributed by atoms with Crippen LogP contribution in [0.2, 0.25) is 0 Å². The van der Waals surface area contributed by atoms with Gasteiger partial charge in [-0.1, -0.05) is 0 Å². The van der Waals surface area contributed by atoms with Gasteiger partial charge in [0.05, 0.1) is 0 Å². The van der Waals surface area contributed by atoms with Crippen LogP contribution >= 0.6 is 0 Å². The van der Waals surface area contributed by atoms with E-state index in [2.05, 4.69) is 0 Å². The van der Waals surface area contributed by atoms with Crippen molar-refractivity contribution < 1.29 is 66.8 Å². The van der Waals surface area contributed by atoms with Crippen molar-refractivity contribution in [1.82, 2.24) is 0 Å². The Balaban J connectivity index is 0. The molecule has 4 heteroatoms. The average molecular weight is 144 g/mol. The largest absolute Gasteiger partial charge is 1.00 e. The quantitative estimate of drug-likeness (QED) is 0.234. The minimum Gasteiger partial charge on any atom is -1.00 e. The van der Waals surface area contributed by atoms with Crippen LogP contribution in [0.4, 0.5) is 0 Å². The Bertz CT molecular complexity index is 6.85. The van der Waals surface area contributed by atoms with Crippen LogP contribution in [0, 0.1) is 7.43 Å². The van der Waals surface area contributed by atoms with Gasteiger partial charge >= 0.3 is 29.6 Å². The van der Waals surface area contributed by atoms with Crippen LogP contribution < -0.4 is 66.8 Å². The minimum atomic E-state index is 0. The average Bonchev–Trinajstić information content (AvgIpc) is 0. The molecule has 5 heavy (non-hydrogen) atoms. The summed E-state index contributed by atoms with van der Waals surface area (Å²) in [5.74, 6) is 0. The van der Waals surface area contributed by atoms with Gasteiger partial charge < -0.3 is 44.6 Å². The molecule has 0 aromatic rings. The third-order valence-electron chi connectivity index (χ3n) is 0. The van der Waals surface area contributed by atoms with Crippen LogP contribution in [0.1, 0.15) is 0 Å². The van der Waals surface area contributed by atoms with Gasteiger partial charge in [-0.15, -0.1) is 0 Å². The zero-order chi connectivity index (χ0) is 0. The van der Waals surface area contributed by atoms with E-state index in [1.165, 1.54) is 0 Å². The van der Waals surface area contributed by atoms with Crippen LogP contribution in [0.25, 0.3) is 0 Å². The summed E-state index contributed by atoms with van der Waals surface area (Å²) in [5.41, 5.74) is 0. The molecule has 0 fully saturated rings. The number of hydrogen-bond donors (Lipinski definition) is 0. The van der Waals surface area contributed by atoms with Crippen molar-refractivity contribution in [2.24, 2.45) is 0 Å². The Morgan fingerprint density at radius 1 is 0.600 bits per heavy atom. The zero-order valence-electron chi connectivity index (χ0n) is 3.13. The van der Waals surface area contributed by atoms with Crippen LogP contribution in [0.5, 0.6) is 0 Å². The Labute approximate surface area is 73.6 Å². The third-order valence-corrected chi connectivity index (χ3v) is 0. The first-order valence-electron chi connectivity index (χ1n) is 0. The molecule has 0 spiro atoms. The standard InChI is InChI=1S/CH3.3ClH.Na/h1H3;3*1H;/q-1;;;;+1/p-3. The van der Waals surface area contributed by atoms with Crippen molar-refractivity contribution >= 4 is 0 Å². The van der Waals surface area contributed by atoms with E-state index < -0.39 is 0 Å². The molecule has 0 aromatic heterocycles. The molecular formula is CH3Cl3Na-3. The summed E-state index contributed by atoms with van der Waals surface area (Å²) in [5, 5.41) is 0. The van der Waals surface area contributed by atoms with Crippen LogP contribution in [0.3, 0.4) is 0 Å². The van der Waals surface area contributed by atoms with Gasteiger partial charge in [0.2, 0.25) is 0 Å². The van der Waals surface area contributed by atoms with E-state index in [1.54, 1.807) is 0 Å². The molecule has 0 saturated heterocycles. The van der Waals surface area contributed by atoms with Crippen molar-refractivity contribution in [1.29, 1.82) is 0 Å². The summed E-state index contributed by atoms with van der Waals surface area (Å²) >= 11 is 0. The van der Waals surface area contributed by atoms with E-state index >= 15 is 0 Å². The molecule has 0 radical (unpaired) electrons. The molecule has 0 atom stereocenters. The molecule has 0 aliphatic rings. The van der Waals surface area contributed by atoms with Gasteiger partial charge in [-0.3, -0.25) is 0 Å². The third kappa shape index (κ3) is 25.1. The normalized spacial score (nSPS) is 0. The smallest absolute Gasteiger partial charge is 1.00 e. The number of halogens is 3. The summed E-state index contributed by atoms with van der Waals surface area (Å²) in [6.45, 7) is 0. The summed E-state index contributed by atoms with van der Waals surface area (Å²) < 4.78 is 0. The van der Waals surface area contributed by atoms with Crippen molar-refractivity contribution in [3.63, 3.8) is 0 Å². The van der Waals surface area contributed by atoms with E-state index in [0.29, 0.717) is 0 Å². The van der Waals surface area contributed by atoms with Crippen LogP contribution in [0.15, 0.2) is 0 Å². The fourth-order valence-corrected chi connectivity index (χ4v) is 0. The van der Waals surface area contributed by atoms with Gasteiger partial charge in [0.25, 0.3) is 0 Å². The molecule has 0 amide bonds. The SMILES string of the molecule is [CH3-].[Cl-].[Cl-].[Cl-].[Na+]. The van der Waals surface area contributed by atoms with E-state index in [9.17, 15) is 0 Å². The fraction of sp³-hybridized carbons (Fsp3) is 0. The van der Waals surface area contributed by atoms with Gasteiger partial charge in [-0.2, -0.15) is 0 Å². The van der Waals surface area contributed by atoms with Crippen molar-refractivity contribution in [3.05, 3.63) is 7.43 Å². The maximum absolute atomic E-state index is 0. The second-order valence-electron chi connectivity index (χ2n) is 0. The van der Waals surface area contributed by atoms with Crippen molar-refractivity contribution in [3.8, 4) is 0 Å². The van der Waals surface area contributed by atoms with Gasteiger partial charge in [0.15, 0.2) is 0 Å². The molecule has 0 rings (SSSR count). The Morgan fingerprint density at radius 3 is 0.600 bits per heavy atom. The molecular weight excluding hydrogens is 141 g/mol. The predicted octanol–water partition coefficient (Wildman–Crippen LogP) is -11.5. The Kier molecular flexibility index (Phi) is 539. The Morgan fingerprint density at radius 2 is 0.600 bits per heavy atom. The first-order valence-corrected chi connectivity index (χ1v) is 0. The van der Waals surface area contributed by atoms with Gasteiger partial charge in [0.1, 0.15) is 0 Å². The maximum Gasteiger partial charge on any atom is 1.00 e. The monoisotopic (exact) mass is 143 g/mol. The van der Waals surface area contributed by atoms with E-state index in [-0.39, 0.29) is 74.2 Å². The summed E-state index contributed by atoms with van der Waals surface area (Å²) in [6, 6.07) is 0. The molecule has 32 valence electrons. The first-order chi connectivity index (χ1) is 0. The maximum atomic E-state index is 0. The van der Waals surface area contributed by atoms with Gasteiger partial charge in [0, 0.05) is 0 Å². The summed E-state index contributed by atoms with van der Waals surface area (Å²) in [6.07, 6.45) is 0. The molecule has 0 heterocycles. The molecule has 0 aromatic carbocycles. The summed E-state index contributed by atoms with van der Waals surface area (Å²) in [7, 11) is 0. The first kappa shape index (κ1) is 67.7. The predicted molar refractivity (Wildman–Crippen MR) is 6.41 cm³/mol. The molecule has 0 aliphatic heterocycles. The fourth-order valence-electron chi connectivity index (χ4n) is 0. The van der Waals surface area contributed by atoms with Gasteiger partial charge in [-0.05, 0) is 0 Å². The number of hydrogen-bond acceptors (Lipinski definition) is 0. The van der Waals surface area contributed by atoms with E-state index in [1.807, 2.05) is 0 Å². The second kappa shape index (κ2) is 39.8. The van der Waals surface area contributed by atoms with E-state index in [4.69, 9.17) is 0 Å². The van der Waals surface area contributed by atoms with Crippen molar-refractivity contribution in [2.45, 2.75) is 0 Å². The number of rotatable bonds is 0. The summed E-state index contributed by atoms with van der Waals surface area (Å²) in [4.78, 5) is 0. The second-order valence-corrected chi connectivity index (χ2v) is 0. The Hall–Kier alpha value is 1.87. The molecule has 0 saturated carbocycles. The van der Waals surface area contributed by atoms with Crippen LogP contribution in [-0.4, -0.2) is 0 Å². The molecule has 0 unspecified atom stereocenters. The van der Waals surface area contributed by atoms with Crippen molar-refractivity contribution in [2.75, 3.05) is 0 Å². The molecule has 0 N–H and O–H groups in total.